The largest absolute Gasteiger partial charge is 0.320 e. The Hall–Kier alpha value is -2.58. The number of rotatable bonds is 2. The van der Waals surface area contributed by atoms with Crippen molar-refractivity contribution in [2.24, 2.45) is 12.8 Å². The van der Waals surface area contributed by atoms with Crippen LogP contribution in [0.2, 0.25) is 0 Å². The Morgan fingerprint density at radius 1 is 1.50 bits per heavy atom. The topological polar surface area (TPSA) is 72.9 Å². The van der Waals surface area contributed by atoms with E-state index in [4.69, 9.17) is 5.73 Å². The van der Waals surface area contributed by atoms with Crippen LogP contribution in [0.15, 0.2) is 30.6 Å². The maximum absolute atomic E-state index is 12.1. The van der Waals surface area contributed by atoms with E-state index in [9.17, 15) is 4.79 Å². The molecule has 1 heterocycles. The van der Waals surface area contributed by atoms with Gasteiger partial charge < -0.3 is 11.1 Å². The second-order valence-electron chi connectivity index (χ2n) is 4.39. The molecule has 0 spiro atoms. The smallest absolute Gasteiger partial charge is 0.255 e. The van der Waals surface area contributed by atoms with Crippen LogP contribution in [0.4, 0.5) is 5.69 Å². The number of benzene rings is 1. The van der Waals surface area contributed by atoms with Gasteiger partial charge in [-0.15, -0.1) is 0 Å². The highest BCUT2D eigenvalue weighted by molar-refractivity contribution is 6.04. The molecular weight excluding hydrogens is 252 g/mol. The predicted molar refractivity (Wildman–Crippen MR) is 78.3 cm³/mol. The van der Waals surface area contributed by atoms with E-state index in [1.54, 1.807) is 30.2 Å². The van der Waals surface area contributed by atoms with Crippen LogP contribution in [0.1, 0.15) is 21.5 Å². The molecule has 0 saturated heterocycles. The number of anilines is 1. The van der Waals surface area contributed by atoms with Crippen LogP contribution < -0.4 is 11.1 Å². The fourth-order valence-electron chi connectivity index (χ4n) is 1.78. The first-order valence-electron chi connectivity index (χ1n) is 6.19. The van der Waals surface area contributed by atoms with Crippen LogP contribution in [0.3, 0.4) is 0 Å². The van der Waals surface area contributed by atoms with Crippen molar-refractivity contribution >= 4 is 11.6 Å². The first-order chi connectivity index (χ1) is 9.60. The predicted octanol–water partition coefficient (Wildman–Crippen LogP) is 1.29. The molecular formula is C15H16N4O. The van der Waals surface area contributed by atoms with Gasteiger partial charge in [-0.3, -0.25) is 9.48 Å². The maximum Gasteiger partial charge on any atom is 0.255 e. The average Bonchev–Trinajstić information content (AvgIpc) is 2.82. The van der Waals surface area contributed by atoms with E-state index in [1.807, 2.05) is 19.1 Å². The van der Waals surface area contributed by atoms with Gasteiger partial charge >= 0.3 is 0 Å². The quantitative estimate of drug-likeness (QED) is 0.806. The monoisotopic (exact) mass is 268 g/mol. The van der Waals surface area contributed by atoms with Gasteiger partial charge in [0.1, 0.15) is 0 Å². The molecule has 1 aromatic heterocycles. The number of aryl methyl sites for hydroxylation is 2. The third kappa shape index (κ3) is 3.25. The molecule has 0 aliphatic rings. The summed E-state index contributed by atoms with van der Waals surface area (Å²) in [6, 6.07) is 5.39. The summed E-state index contributed by atoms with van der Waals surface area (Å²) in [6.45, 7) is 2.24. The summed E-state index contributed by atoms with van der Waals surface area (Å²) in [7, 11) is 1.80. The number of amides is 1. The number of nitrogens with one attached hydrogen (secondary N) is 1. The molecule has 0 aliphatic carbocycles. The fourth-order valence-corrected chi connectivity index (χ4v) is 1.78. The minimum Gasteiger partial charge on any atom is -0.320 e. The molecule has 2 rings (SSSR count). The third-order valence-electron chi connectivity index (χ3n) is 2.78. The summed E-state index contributed by atoms with van der Waals surface area (Å²) < 4.78 is 1.63. The lowest BCUT2D eigenvalue weighted by Gasteiger charge is -2.05. The van der Waals surface area contributed by atoms with Crippen molar-refractivity contribution in [3.05, 3.63) is 47.3 Å². The van der Waals surface area contributed by atoms with Gasteiger partial charge in [-0.25, -0.2) is 0 Å². The molecule has 5 nitrogen and oxygen atoms in total. The van der Waals surface area contributed by atoms with Crippen molar-refractivity contribution in [2.75, 3.05) is 11.9 Å². The van der Waals surface area contributed by atoms with Gasteiger partial charge in [0.2, 0.25) is 0 Å². The molecule has 102 valence electrons. The number of nitrogens with zero attached hydrogens (tertiary/aromatic N) is 2. The molecule has 0 fully saturated rings. The first kappa shape index (κ1) is 13.8. The SMILES string of the molecule is Cc1cc(C(=O)Nc2cnn(C)c2)ccc1C#CCN. The highest BCUT2D eigenvalue weighted by Gasteiger charge is 2.08. The van der Waals surface area contributed by atoms with Gasteiger partial charge in [0, 0.05) is 24.4 Å². The van der Waals surface area contributed by atoms with Crippen LogP contribution in [-0.2, 0) is 7.05 Å². The summed E-state index contributed by atoms with van der Waals surface area (Å²) in [4.78, 5) is 12.1. The molecule has 1 aromatic carbocycles. The number of hydrogen-bond acceptors (Lipinski definition) is 3. The van der Waals surface area contributed by atoms with Crippen molar-refractivity contribution in [2.45, 2.75) is 6.92 Å². The van der Waals surface area contributed by atoms with E-state index in [0.717, 1.165) is 11.1 Å². The Labute approximate surface area is 117 Å². The average molecular weight is 268 g/mol. The normalized spacial score (nSPS) is 9.75. The number of carbonyl (C=O) groups excluding carboxylic acids is 1. The molecule has 0 unspecified atom stereocenters. The van der Waals surface area contributed by atoms with Crippen LogP contribution in [0.5, 0.6) is 0 Å². The molecule has 0 bridgehead atoms. The zero-order valence-electron chi connectivity index (χ0n) is 11.5. The molecule has 20 heavy (non-hydrogen) atoms. The molecule has 2 aromatic rings. The van der Waals surface area contributed by atoms with Crippen molar-refractivity contribution in [3.8, 4) is 11.8 Å². The van der Waals surface area contributed by atoms with Crippen molar-refractivity contribution in [3.63, 3.8) is 0 Å². The van der Waals surface area contributed by atoms with Gasteiger partial charge in [-0.05, 0) is 30.7 Å². The summed E-state index contributed by atoms with van der Waals surface area (Å²) in [6.07, 6.45) is 3.34. The van der Waals surface area contributed by atoms with E-state index in [-0.39, 0.29) is 5.91 Å². The van der Waals surface area contributed by atoms with E-state index in [0.29, 0.717) is 17.8 Å². The summed E-state index contributed by atoms with van der Waals surface area (Å²) in [5.74, 6) is 5.61. The second-order valence-corrected chi connectivity index (χ2v) is 4.39. The molecule has 3 N–H and O–H groups in total. The lowest BCUT2D eigenvalue weighted by atomic mass is 10.0. The van der Waals surface area contributed by atoms with E-state index >= 15 is 0 Å². The van der Waals surface area contributed by atoms with Crippen LogP contribution in [0.25, 0.3) is 0 Å². The summed E-state index contributed by atoms with van der Waals surface area (Å²) >= 11 is 0. The van der Waals surface area contributed by atoms with E-state index < -0.39 is 0 Å². The molecule has 1 amide bonds. The van der Waals surface area contributed by atoms with E-state index in [2.05, 4.69) is 22.3 Å². The standard InChI is InChI=1S/C15H16N4O/c1-11-8-13(6-5-12(11)4-3-7-16)15(20)18-14-9-17-19(2)10-14/h5-6,8-10H,7,16H2,1-2H3,(H,18,20). The summed E-state index contributed by atoms with van der Waals surface area (Å²) in [5.41, 5.74) is 8.43. The van der Waals surface area contributed by atoms with E-state index in [1.165, 1.54) is 0 Å². The molecule has 0 radical (unpaired) electrons. The molecule has 0 aliphatic heterocycles. The first-order valence-corrected chi connectivity index (χ1v) is 6.19. The second kappa shape index (κ2) is 6.04. The number of hydrogen-bond donors (Lipinski definition) is 2. The van der Waals surface area contributed by atoms with Gasteiger partial charge in [-0.1, -0.05) is 11.8 Å². The van der Waals surface area contributed by atoms with Crippen LogP contribution in [-0.4, -0.2) is 22.2 Å². The Kier molecular flexibility index (Phi) is 4.18. The van der Waals surface area contributed by atoms with Gasteiger partial charge in [0.15, 0.2) is 0 Å². The maximum atomic E-state index is 12.1. The van der Waals surface area contributed by atoms with Gasteiger partial charge in [0.05, 0.1) is 18.4 Å². The lowest BCUT2D eigenvalue weighted by molar-refractivity contribution is 0.102. The zero-order chi connectivity index (χ0) is 14.5. The van der Waals surface area contributed by atoms with Crippen molar-refractivity contribution < 1.29 is 4.79 Å². The highest BCUT2D eigenvalue weighted by atomic mass is 16.1. The van der Waals surface area contributed by atoms with Crippen molar-refractivity contribution in [1.29, 1.82) is 0 Å². The number of aromatic nitrogens is 2. The summed E-state index contributed by atoms with van der Waals surface area (Å²) in [5, 5.41) is 6.79. The molecule has 0 atom stereocenters. The Balaban J connectivity index is 2.16. The lowest BCUT2D eigenvalue weighted by Crippen LogP contribution is -2.11. The Morgan fingerprint density at radius 2 is 2.30 bits per heavy atom. The highest BCUT2D eigenvalue weighted by Crippen LogP contribution is 2.12. The van der Waals surface area contributed by atoms with Gasteiger partial charge in [0.25, 0.3) is 5.91 Å². The molecule has 5 heteroatoms. The fraction of sp³-hybridized carbons (Fsp3) is 0.200. The minimum absolute atomic E-state index is 0.167. The molecule has 0 saturated carbocycles. The Bertz CT molecular complexity index is 691. The van der Waals surface area contributed by atoms with Crippen LogP contribution >= 0.6 is 0 Å². The van der Waals surface area contributed by atoms with Gasteiger partial charge in [-0.2, -0.15) is 5.10 Å². The zero-order valence-corrected chi connectivity index (χ0v) is 11.5. The van der Waals surface area contributed by atoms with Crippen molar-refractivity contribution in [1.82, 2.24) is 9.78 Å². The third-order valence-corrected chi connectivity index (χ3v) is 2.78. The Morgan fingerprint density at radius 3 is 2.90 bits per heavy atom. The number of nitrogens with two attached hydrogens (primary N) is 1. The minimum atomic E-state index is -0.167. The van der Waals surface area contributed by atoms with Crippen LogP contribution in [0, 0.1) is 18.8 Å². The number of carbonyl (C=O) groups is 1.